The fraction of sp³-hybridized carbons (Fsp3) is 0.318. The number of amides is 1. The third kappa shape index (κ3) is 4.71. The second kappa shape index (κ2) is 9.38. The normalized spacial score (nSPS) is 14.2. The maximum Gasteiger partial charge on any atom is 0.339 e. The molecule has 0 spiro atoms. The molecule has 1 saturated heterocycles. The third-order valence-corrected chi connectivity index (χ3v) is 5.04. The van der Waals surface area contributed by atoms with Gasteiger partial charge in [-0.1, -0.05) is 5.16 Å². The van der Waals surface area contributed by atoms with Crippen LogP contribution in [0.5, 0.6) is 0 Å². The predicted octanol–water partition coefficient (Wildman–Crippen LogP) is 2.66. The van der Waals surface area contributed by atoms with E-state index in [9.17, 15) is 9.59 Å². The van der Waals surface area contributed by atoms with Crippen LogP contribution in [-0.4, -0.2) is 64.7 Å². The molecule has 1 aliphatic heterocycles. The molecule has 1 fully saturated rings. The highest BCUT2D eigenvalue weighted by Gasteiger charge is 2.24. The minimum absolute atomic E-state index is 0.161. The Bertz CT molecular complexity index is 1040. The first-order valence-electron chi connectivity index (χ1n) is 10.2. The first kappa shape index (κ1) is 20.5. The highest BCUT2D eigenvalue weighted by molar-refractivity contribution is 5.93. The molecule has 1 aliphatic rings. The van der Waals surface area contributed by atoms with Crippen LogP contribution in [0.2, 0.25) is 0 Å². The van der Waals surface area contributed by atoms with Gasteiger partial charge in [-0.15, -0.1) is 0 Å². The van der Waals surface area contributed by atoms with Crippen molar-refractivity contribution in [2.45, 2.75) is 13.3 Å². The van der Waals surface area contributed by atoms with Crippen LogP contribution in [0.4, 0.5) is 5.82 Å². The highest BCUT2D eigenvalue weighted by atomic mass is 16.5. The third-order valence-electron chi connectivity index (χ3n) is 5.04. The standard InChI is InChI=1S/C22H23N5O4/c1-2-30-22(29)17-6-7-20(24-15-17)26-9-4-10-27(12-11-26)21(28)18-13-19(31-25-18)16-5-3-8-23-14-16/h3,5-8,13-15H,2,4,9-12H2,1H3. The molecule has 0 aromatic carbocycles. The van der Waals surface area contributed by atoms with E-state index in [1.165, 1.54) is 6.20 Å². The van der Waals surface area contributed by atoms with Gasteiger partial charge in [-0.2, -0.15) is 0 Å². The summed E-state index contributed by atoms with van der Waals surface area (Å²) in [4.78, 5) is 37.1. The van der Waals surface area contributed by atoms with Crippen LogP contribution in [-0.2, 0) is 4.74 Å². The molecule has 0 bridgehead atoms. The molecule has 0 aliphatic carbocycles. The van der Waals surface area contributed by atoms with E-state index in [2.05, 4.69) is 20.0 Å². The predicted molar refractivity (Wildman–Crippen MR) is 113 cm³/mol. The van der Waals surface area contributed by atoms with E-state index in [4.69, 9.17) is 9.26 Å². The molecule has 0 N–H and O–H groups in total. The van der Waals surface area contributed by atoms with E-state index in [1.807, 2.05) is 12.1 Å². The molecule has 0 saturated carbocycles. The van der Waals surface area contributed by atoms with Gasteiger partial charge in [0, 0.05) is 56.4 Å². The Morgan fingerprint density at radius 3 is 2.77 bits per heavy atom. The quantitative estimate of drug-likeness (QED) is 0.580. The van der Waals surface area contributed by atoms with E-state index < -0.39 is 0 Å². The number of pyridine rings is 2. The number of carbonyl (C=O) groups excluding carboxylic acids is 2. The zero-order chi connectivity index (χ0) is 21.6. The minimum Gasteiger partial charge on any atom is -0.462 e. The van der Waals surface area contributed by atoms with Crippen molar-refractivity contribution in [3.05, 3.63) is 60.2 Å². The van der Waals surface area contributed by atoms with Crippen LogP contribution >= 0.6 is 0 Å². The number of nitrogens with zero attached hydrogens (tertiary/aromatic N) is 5. The van der Waals surface area contributed by atoms with E-state index in [-0.39, 0.29) is 17.6 Å². The van der Waals surface area contributed by atoms with E-state index in [0.717, 1.165) is 24.3 Å². The van der Waals surface area contributed by atoms with Crippen LogP contribution in [0.15, 0.2) is 53.4 Å². The number of aromatic nitrogens is 3. The SMILES string of the molecule is CCOC(=O)c1ccc(N2CCCN(C(=O)c3cc(-c4cccnc4)on3)CC2)nc1. The van der Waals surface area contributed by atoms with Crippen LogP contribution in [0, 0.1) is 0 Å². The number of rotatable bonds is 5. The second-order valence-electron chi connectivity index (χ2n) is 7.08. The van der Waals surface area contributed by atoms with Crippen LogP contribution in [0.1, 0.15) is 34.2 Å². The molecule has 9 nitrogen and oxygen atoms in total. The Morgan fingerprint density at radius 1 is 1.13 bits per heavy atom. The van der Waals surface area contributed by atoms with Gasteiger partial charge in [0.25, 0.3) is 5.91 Å². The highest BCUT2D eigenvalue weighted by Crippen LogP contribution is 2.21. The van der Waals surface area contributed by atoms with Crippen LogP contribution in [0.3, 0.4) is 0 Å². The van der Waals surface area contributed by atoms with Gasteiger partial charge in [0.15, 0.2) is 11.5 Å². The number of ether oxygens (including phenoxy) is 1. The van der Waals surface area contributed by atoms with Crippen molar-refractivity contribution in [1.82, 2.24) is 20.0 Å². The molecule has 0 unspecified atom stereocenters. The van der Waals surface area contributed by atoms with Crippen molar-refractivity contribution < 1.29 is 18.8 Å². The summed E-state index contributed by atoms with van der Waals surface area (Å²) in [5.41, 5.74) is 1.48. The second-order valence-corrected chi connectivity index (χ2v) is 7.08. The lowest BCUT2D eigenvalue weighted by Crippen LogP contribution is -2.35. The average Bonchev–Trinajstić information content (AvgIpc) is 3.18. The smallest absolute Gasteiger partial charge is 0.339 e. The molecular formula is C22H23N5O4. The summed E-state index contributed by atoms with van der Waals surface area (Å²) in [7, 11) is 0. The van der Waals surface area contributed by atoms with Crippen molar-refractivity contribution in [2.24, 2.45) is 0 Å². The Hall–Kier alpha value is -3.75. The summed E-state index contributed by atoms with van der Waals surface area (Å²) in [6.07, 6.45) is 5.66. The summed E-state index contributed by atoms with van der Waals surface area (Å²) >= 11 is 0. The lowest BCUT2D eigenvalue weighted by atomic mass is 10.2. The van der Waals surface area contributed by atoms with Gasteiger partial charge in [-0.05, 0) is 37.6 Å². The lowest BCUT2D eigenvalue weighted by Gasteiger charge is -2.22. The van der Waals surface area contributed by atoms with Gasteiger partial charge in [-0.3, -0.25) is 9.78 Å². The molecule has 31 heavy (non-hydrogen) atoms. The zero-order valence-corrected chi connectivity index (χ0v) is 17.2. The van der Waals surface area contributed by atoms with Gasteiger partial charge in [0.1, 0.15) is 5.82 Å². The van der Waals surface area contributed by atoms with Crippen molar-refractivity contribution in [3.63, 3.8) is 0 Å². The Morgan fingerprint density at radius 2 is 2.03 bits per heavy atom. The fourth-order valence-electron chi connectivity index (χ4n) is 3.44. The summed E-state index contributed by atoms with van der Waals surface area (Å²) in [5.74, 6) is 0.736. The van der Waals surface area contributed by atoms with E-state index >= 15 is 0 Å². The molecular weight excluding hydrogens is 398 g/mol. The maximum atomic E-state index is 12.9. The molecule has 4 rings (SSSR count). The number of anilines is 1. The molecule has 1 amide bonds. The lowest BCUT2D eigenvalue weighted by molar-refractivity contribution is 0.0525. The monoisotopic (exact) mass is 421 g/mol. The topological polar surface area (TPSA) is 102 Å². The summed E-state index contributed by atoms with van der Waals surface area (Å²) in [6, 6.07) is 8.82. The zero-order valence-electron chi connectivity index (χ0n) is 17.2. The first-order valence-corrected chi connectivity index (χ1v) is 10.2. The Labute approximate surface area is 179 Å². The molecule has 9 heteroatoms. The molecule has 0 radical (unpaired) electrons. The van der Waals surface area contributed by atoms with Gasteiger partial charge in [0.05, 0.1) is 12.2 Å². The average molecular weight is 421 g/mol. The number of carbonyl (C=O) groups is 2. The van der Waals surface area contributed by atoms with Crippen LogP contribution < -0.4 is 4.90 Å². The molecule has 0 atom stereocenters. The van der Waals surface area contributed by atoms with E-state index in [1.54, 1.807) is 42.4 Å². The van der Waals surface area contributed by atoms with E-state index in [0.29, 0.717) is 37.6 Å². The number of hydrogen-bond acceptors (Lipinski definition) is 8. The Balaban J connectivity index is 1.39. The van der Waals surface area contributed by atoms with Crippen molar-refractivity contribution in [2.75, 3.05) is 37.7 Å². The molecule has 4 heterocycles. The number of hydrogen-bond donors (Lipinski definition) is 0. The van der Waals surface area contributed by atoms with Crippen molar-refractivity contribution in [1.29, 1.82) is 0 Å². The largest absolute Gasteiger partial charge is 0.462 e. The maximum absolute atomic E-state index is 12.9. The summed E-state index contributed by atoms with van der Waals surface area (Å²) in [5, 5.41) is 3.95. The summed E-state index contributed by atoms with van der Waals surface area (Å²) in [6.45, 7) is 4.63. The van der Waals surface area contributed by atoms with Gasteiger partial charge in [-0.25, -0.2) is 9.78 Å². The molecule has 3 aromatic rings. The molecule has 3 aromatic heterocycles. The molecule has 160 valence electrons. The van der Waals surface area contributed by atoms with Gasteiger partial charge >= 0.3 is 5.97 Å². The summed E-state index contributed by atoms with van der Waals surface area (Å²) < 4.78 is 10.3. The first-order chi connectivity index (χ1) is 15.2. The number of esters is 1. The van der Waals surface area contributed by atoms with Crippen molar-refractivity contribution >= 4 is 17.7 Å². The fourth-order valence-corrected chi connectivity index (χ4v) is 3.44. The van der Waals surface area contributed by atoms with Crippen molar-refractivity contribution in [3.8, 4) is 11.3 Å². The van der Waals surface area contributed by atoms with Crippen LogP contribution in [0.25, 0.3) is 11.3 Å². The van der Waals surface area contributed by atoms with Gasteiger partial charge in [0.2, 0.25) is 0 Å². The minimum atomic E-state index is -0.382. The van der Waals surface area contributed by atoms with Gasteiger partial charge < -0.3 is 19.1 Å². The Kier molecular flexibility index (Phi) is 6.21.